The summed E-state index contributed by atoms with van der Waals surface area (Å²) in [6, 6.07) is 23.6. The minimum absolute atomic E-state index is 0. The van der Waals surface area contributed by atoms with E-state index in [2.05, 4.69) is 36.2 Å². The van der Waals surface area contributed by atoms with Crippen molar-refractivity contribution in [3.8, 4) is 22.4 Å². The molecule has 0 aliphatic rings. The molecule has 2 N–H and O–H groups in total. The van der Waals surface area contributed by atoms with Crippen LogP contribution in [0.15, 0.2) is 66.9 Å². The molecule has 3 aromatic rings. The third kappa shape index (κ3) is 5.99. The minimum Gasteiger partial charge on any atom is -0.400 e. The number of rotatable bonds is 2. The predicted octanol–water partition coefficient (Wildman–Crippen LogP) is 3.74. The molecule has 4 heteroatoms. The number of benzene rings is 2. The summed E-state index contributed by atoms with van der Waals surface area (Å²) in [5.41, 5.74) is 5.62. The van der Waals surface area contributed by atoms with E-state index in [9.17, 15) is 0 Å². The molecule has 1 heterocycles. The quantitative estimate of drug-likeness (QED) is 0.528. The summed E-state index contributed by atoms with van der Waals surface area (Å²) >= 11 is 0. The van der Waals surface area contributed by atoms with Crippen molar-refractivity contribution in [2.24, 2.45) is 0 Å². The first-order valence-corrected chi connectivity index (χ1v) is 7.23. The van der Waals surface area contributed by atoms with Crippen LogP contribution in [0.3, 0.4) is 0 Å². The molecule has 0 saturated heterocycles. The van der Waals surface area contributed by atoms with Crippen LogP contribution < -0.4 is 0 Å². The molecule has 1 aromatic heterocycles. The average Bonchev–Trinajstić information content (AvgIpc) is 2.66. The van der Waals surface area contributed by atoms with Gasteiger partial charge in [-0.2, -0.15) is 0 Å². The zero-order valence-electron chi connectivity index (χ0n) is 14.0. The van der Waals surface area contributed by atoms with Crippen molar-refractivity contribution >= 4 is 0 Å². The van der Waals surface area contributed by atoms with Gasteiger partial charge in [0.05, 0.1) is 0 Å². The Balaban J connectivity index is 0.000000987. The molecule has 129 valence electrons. The van der Waals surface area contributed by atoms with Crippen molar-refractivity contribution in [1.29, 1.82) is 0 Å². The van der Waals surface area contributed by atoms with Gasteiger partial charge in [0.15, 0.2) is 0 Å². The second-order valence-corrected chi connectivity index (χ2v) is 4.53. The number of aromatic nitrogens is 1. The number of pyridine rings is 1. The summed E-state index contributed by atoms with van der Waals surface area (Å²) < 4.78 is 0. The molecule has 2 aromatic carbocycles. The molecule has 0 bridgehead atoms. The predicted molar refractivity (Wildman–Crippen MR) is 95.0 cm³/mol. The van der Waals surface area contributed by atoms with E-state index in [1.807, 2.05) is 48.7 Å². The van der Waals surface area contributed by atoms with Gasteiger partial charge in [0.1, 0.15) is 0 Å². The molecular weight excluding hydrogens is 478 g/mol. The van der Waals surface area contributed by atoms with Gasteiger partial charge in [-0.15, -0.1) is 35.9 Å². The van der Waals surface area contributed by atoms with Crippen molar-refractivity contribution in [3.63, 3.8) is 0 Å². The monoisotopic (exact) mass is 501 g/mol. The van der Waals surface area contributed by atoms with Gasteiger partial charge in [0.25, 0.3) is 0 Å². The molecule has 0 spiro atoms. The van der Waals surface area contributed by atoms with E-state index >= 15 is 0 Å². The van der Waals surface area contributed by atoms with E-state index in [0.29, 0.717) is 0 Å². The number of aliphatic hydroxyl groups excluding tert-OH is 2. The zero-order chi connectivity index (χ0) is 17.1. The topological polar surface area (TPSA) is 53.4 Å². The Morgan fingerprint density at radius 2 is 1.50 bits per heavy atom. The molecular formula is C20H22IrNO2-. The second-order valence-electron chi connectivity index (χ2n) is 4.53. The summed E-state index contributed by atoms with van der Waals surface area (Å²) in [5.74, 6) is 0. The van der Waals surface area contributed by atoms with E-state index in [0.717, 1.165) is 25.5 Å². The summed E-state index contributed by atoms with van der Waals surface area (Å²) in [6.07, 6.45) is 1.95. The molecule has 3 nitrogen and oxygen atoms in total. The van der Waals surface area contributed by atoms with Crippen LogP contribution in [0, 0.1) is 13.0 Å². The van der Waals surface area contributed by atoms with Crippen molar-refractivity contribution in [1.82, 2.24) is 4.98 Å². The Morgan fingerprint density at radius 3 is 2.04 bits per heavy atom. The molecule has 3 rings (SSSR count). The number of hydrogen-bond acceptors (Lipinski definition) is 3. The van der Waals surface area contributed by atoms with Gasteiger partial charge >= 0.3 is 0 Å². The number of aryl methyl sites for hydroxylation is 1. The largest absolute Gasteiger partial charge is 0.400 e. The first-order chi connectivity index (χ1) is 11.3. The third-order valence-electron chi connectivity index (χ3n) is 3.18. The molecule has 0 unspecified atom stereocenters. The molecule has 0 fully saturated rings. The number of aliphatic hydroxyl groups is 2. The van der Waals surface area contributed by atoms with Crippen LogP contribution in [0.2, 0.25) is 0 Å². The molecule has 0 aliphatic carbocycles. The first-order valence-electron chi connectivity index (χ1n) is 7.23. The Labute approximate surface area is 157 Å². The Morgan fingerprint density at radius 1 is 0.875 bits per heavy atom. The summed E-state index contributed by atoms with van der Waals surface area (Å²) in [5, 5.41) is 14.0. The number of nitrogens with zero attached hydrogens (tertiary/aromatic N) is 1. The van der Waals surface area contributed by atoms with Crippen LogP contribution in [0.25, 0.3) is 22.4 Å². The normalized spacial score (nSPS) is 8.71. The molecule has 24 heavy (non-hydrogen) atoms. The van der Waals surface area contributed by atoms with Crippen LogP contribution in [0.4, 0.5) is 0 Å². The molecule has 0 saturated carbocycles. The van der Waals surface area contributed by atoms with Crippen LogP contribution in [0.1, 0.15) is 5.56 Å². The maximum Gasteiger partial charge on any atom is 0.0319 e. The second kappa shape index (κ2) is 12.6. The Hall–Kier alpha value is -1.84. The van der Waals surface area contributed by atoms with Crippen LogP contribution >= 0.6 is 0 Å². The number of hydrogen-bond donors (Lipinski definition) is 2. The molecule has 0 amide bonds. The van der Waals surface area contributed by atoms with Crippen molar-refractivity contribution in [3.05, 3.63) is 78.5 Å². The van der Waals surface area contributed by atoms with Crippen LogP contribution in [0.5, 0.6) is 0 Å². The SMILES string of the molecule is CO.CO.Cc1cc(-c2[c-]cccc2)ncc1-c1ccccc1.[Ir]. The van der Waals surface area contributed by atoms with Gasteiger partial charge in [0.2, 0.25) is 0 Å². The van der Waals surface area contributed by atoms with Crippen LogP contribution in [-0.4, -0.2) is 29.4 Å². The van der Waals surface area contributed by atoms with Gasteiger partial charge in [0, 0.05) is 46.1 Å². The van der Waals surface area contributed by atoms with Gasteiger partial charge in [-0.05, 0) is 23.7 Å². The summed E-state index contributed by atoms with van der Waals surface area (Å²) in [6.45, 7) is 2.12. The van der Waals surface area contributed by atoms with Crippen molar-refractivity contribution in [2.45, 2.75) is 6.92 Å². The van der Waals surface area contributed by atoms with E-state index in [1.165, 1.54) is 16.7 Å². The summed E-state index contributed by atoms with van der Waals surface area (Å²) in [4.78, 5) is 4.55. The van der Waals surface area contributed by atoms with E-state index in [-0.39, 0.29) is 20.1 Å². The van der Waals surface area contributed by atoms with Gasteiger partial charge in [-0.1, -0.05) is 36.4 Å². The summed E-state index contributed by atoms with van der Waals surface area (Å²) in [7, 11) is 2.00. The Kier molecular flexibility index (Phi) is 11.6. The van der Waals surface area contributed by atoms with E-state index in [4.69, 9.17) is 10.2 Å². The molecule has 0 aliphatic heterocycles. The Bertz CT molecular complexity index is 689. The standard InChI is InChI=1S/C18H14N.2CH4O.Ir/c1-14-12-18(16-10-6-3-7-11-16)19-13-17(14)15-8-4-2-5-9-15;2*1-2;/h2-10,12-13H,1H3;2*2H,1H3;/q-1;;;. The van der Waals surface area contributed by atoms with Gasteiger partial charge in [-0.3, -0.25) is 0 Å². The maximum atomic E-state index is 7.00. The fourth-order valence-corrected chi connectivity index (χ4v) is 2.18. The fourth-order valence-electron chi connectivity index (χ4n) is 2.18. The van der Waals surface area contributed by atoms with E-state index in [1.54, 1.807) is 0 Å². The van der Waals surface area contributed by atoms with Crippen molar-refractivity contribution in [2.75, 3.05) is 14.2 Å². The zero-order valence-corrected chi connectivity index (χ0v) is 16.4. The van der Waals surface area contributed by atoms with Gasteiger partial charge in [-0.25, -0.2) is 0 Å². The van der Waals surface area contributed by atoms with E-state index < -0.39 is 0 Å². The smallest absolute Gasteiger partial charge is 0.0319 e. The first kappa shape index (κ1) is 22.2. The molecule has 1 radical (unpaired) electrons. The fraction of sp³-hybridized carbons (Fsp3) is 0.150. The maximum absolute atomic E-state index is 7.00. The van der Waals surface area contributed by atoms with Crippen LogP contribution in [-0.2, 0) is 20.1 Å². The van der Waals surface area contributed by atoms with Crippen molar-refractivity contribution < 1.29 is 30.3 Å². The van der Waals surface area contributed by atoms with Gasteiger partial charge < -0.3 is 15.2 Å². The molecule has 0 atom stereocenters. The minimum atomic E-state index is 0. The third-order valence-corrected chi connectivity index (χ3v) is 3.18. The average molecular weight is 501 g/mol.